The smallest absolute Gasteiger partial charge is 0.333 e. The molecule has 4 aromatic rings. The maximum atomic E-state index is 13.2. The predicted octanol–water partition coefficient (Wildman–Crippen LogP) is 1.79. The van der Waals surface area contributed by atoms with E-state index in [-0.39, 0.29) is 24.3 Å². The molecule has 1 amide bonds. The molecule has 2 aromatic carbocycles. The number of benzene rings is 2. The molecule has 0 unspecified atom stereocenters. The Kier molecular flexibility index (Phi) is 5.75. The van der Waals surface area contributed by atoms with Crippen LogP contribution in [0.2, 0.25) is 0 Å². The summed E-state index contributed by atoms with van der Waals surface area (Å²) in [6.07, 6.45) is 2.67. The number of aromatic nitrogens is 4. The fraction of sp³-hybridized carbons (Fsp3) is 0.136. The number of rotatable bonds is 6. The molecule has 2 heterocycles. The highest BCUT2D eigenvalue weighted by atomic mass is 19.1. The summed E-state index contributed by atoms with van der Waals surface area (Å²) in [6, 6.07) is 12.1. The average Bonchev–Trinajstić information content (AvgIpc) is 2.81. The number of amides is 1. The Morgan fingerprint density at radius 1 is 1.00 bits per heavy atom. The zero-order valence-corrected chi connectivity index (χ0v) is 17.0. The van der Waals surface area contributed by atoms with Crippen molar-refractivity contribution in [3.8, 4) is 5.75 Å². The molecule has 0 radical (unpaired) electrons. The first-order chi connectivity index (χ1) is 15.5. The molecule has 0 spiro atoms. The minimum atomic E-state index is -0.725. The highest BCUT2D eigenvalue weighted by Crippen LogP contribution is 2.15. The van der Waals surface area contributed by atoms with Gasteiger partial charge in [-0.3, -0.25) is 18.7 Å². The average molecular weight is 435 g/mol. The summed E-state index contributed by atoms with van der Waals surface area (Å²) in [4.78, 5) is 46.8. The third-order valence-corrected chi connectivity index (χ3v) is 4.77. The van der Waals surface area contributed by atoms with Gasteiger partial charge in [-0.1, -0.05) is 12.1 Å². The largest absolute Gasteiger partial charge is 0.497 e. The van der Waals surface area contributed by atoms with E-state index < -0.39 is 23.0 Å². The summed E-state index contributed by atoms with van der Waals surface area (Å²) in [5, 5.41) is 2.69. The molecule has 0 aliphatic heterocycles. The van der Waals surface area contributed by atoms with Crippen molar-refractivity contribution in [2.75, 3.05) is 12.4 Å². The van der Waals surface area contributed by atoms with E-state index in [0.717, 1.165) is 9.13 Å². The zero-order valence-electron chi connectivity index (χ0n) is 17.0. The molecule has 2 aromatic heterocycles. The monoisotopic (exact) mass is 435 g/mol. The SMILES string of the molecule is COc1ccc(NC(=O)Cn2c(=O)n(Cc3ccc(F)cc3)c(=O)c3nccnc32)cc1. The maximum Gasteiger partial charge on any atom is 0.333 e. The van der Waals surface area contributed by atoms with Gasteiger partial charge in [0.1, 0.15) is 18.1 Å². The van der Waals surface area contributed by atoms with Gasteiger partial charge in [0.2, 0.25) is 5.91 Å². The topological polar surface area (TPSA) is 108 Å². The summed E-state index contributed by atoms with van der Waals surface area (Å²) in [7, 11) is 1.53. The Labute approximate surface area is 180 Å². The molecule has 0 saturated carbocycles. The lowest BCUT2D eigenvalue weighted by molar-refractivity contribution is -0.116. The van der Waals surface area contributed by atoms with Crippen LogP contribution in [0.25, 0.3) is 11.2 Å². The highest BCUT2D eigenvalue weighted by Gasteiger charge is 2.17. The minimum absolute atomic E-state index is 0.00253. The molecule has 4 rings (SSSR count). The van der Waals surface area contributed by atoms with E-state index in [4.69, 9.17) is 4.74 Å². The first-order valence-electron chi connectivity index (χ1n) is 9.59. The van der Waals surface area contributed by atoms with Gasteiger partial charge >= 0.3 is 5.69 Å². The van der Waals surface area contributed by atoms with E-state index in [1.165, 1.54) is 43.8 Å². The molecule has 0 saturated heterocycles. The zero-order chi connectivity index (χ0) is 22.7. The number of fused-ring (bicyclic) bond motifs is 1. The number of ether oxygens (including phenoxy) is 1. The number of hydrogen-bond acceptors (Lipinski definition) is 6. The quantitative estimate of drug-likeness (QED) is 0.495. The Bertz CT molecular complexity index is 1400. The highest BCUT2D eigenvalue weighted by molar-refractivity contribution is 5.91. The van der Waals surface area contributed by atoms with Gasteiger partial charge in [-0.2, -0.15) is 0 Å². The molecular formula is C22H18FN5O4. The van der Waals surface area contributed by atoms with Gasteiger partial charge in [0, 0.05) is 18.1 Å². The molecule has 0 aliphatic carbocycles. The summed E-state index contributed by atoms with van der Waals surface area (Å²) >= 11 is 0. The maximum absolute atomic E-state index is 13.2. The van der Waals surface area contributed by atoms with Crippen LogP contribution in [0.15, 0.2) is 70.5 Å². The number of nitrogens with zero attached hydrogens (tertiary/aromatic N) is 4. The summed E-state index contributed by atoms with van der Waals surface area (Å²) < 4.78 is 20.3. The summed E-state index contributed by atoms with van der Waals surface area (Å²) in [6.45, 7) is -0.492. The third-order valence-electron chi connectivity index (χ3n) is 4.77. The van der Waals surface area contributed by atoms with Crippen molar-refractivity contribution in [3.63, 3.8) is 0 Å². The van der Waals surface area contributed by atoms with Crippen LogP contribution >= 0.6 is 0 Å². The Morgan fingerprint density at radius 2 is 1.69 bits per heavy atom. The van der Waals surface area contributed by atoms with E-state index in [9.17, 15) is 18.8 Å². The van der Waals surface area contributed by atoms with E-state index in [1.54, 1.807) is 24.3 Å². The normalized spacial score (nSPS) is 10.8. The van der Waals surface area contributed by atoms with Gasteiger partial charge < -0.3 is 10.1 Å². The molecule has 1 N–H and O–H groups in total. The molecule has 10 heteroatoms. The van der Waals surface area contributed by atoms with E-state index in [1.807, 2.05) is 0 Å². The number of anilines is 1. The van der Waals surface area contributed by atoms with Crippen LogP contribution in [0.5, 0.6) is 5.75 Å². The molecule has 9 nitrogen and oxygen atoms in total. The molecule has 32 heavy (non-hydrogen) atoms. The second-order valence-electron chi connectivity index (χ2n) is 6.89. The Morgan fingerprint density at radius 3 is 2.38 bits per heavy atom. The van der Waals surface area contributed by atoms with Gasteiger partial charge in [0.15, 0.2) is 11.2 Å². The Hall–Kier alpha value is -4.34. The number of hydrogen-bond donors (Lipinski definition) is 1. The Balaban J connectivity index is 1.71. The molecule has 0 atom stereocenters. The van der Waals surface area contributed by atoms with Crippen molar-refractivity contribution in [1.82, 2.24) is 19.1 Å². The van der Waals surface area contributed by atoms with Crippen LogP contribution in [0.1, 0.15) is 5.56 Å². The number of carbonyl (C=O) groups excluding carboxylic acids is 1. The number of halogens is 1. The van der Waals surface area contributed by atoms with Gasteiger partial charge in [-0.05, 0) is 42.0 Å². The lowest BCUT2D eigenvalue weighted by Crippen LogP contribution is -2.42. The lowest BCUT2D eigenvalue weighted by atomic mass is 10.2. The van der Waals surface area contributed by atoms with Crippen LogP contribution in [0.4, 0.5) is 10.1 Å². The predicted molar refractivity (Wildman–Crippen MR) is 115 cm³/mol. The van der Waals surface area contributed by atoms with E-state index >= 15 is 0 Å². The molecule has 162 valence electrons. The van der Waals surface area contributed by atoms with Crippen LogP contribution in [0.3, 0.4) is 0 Å². The van der Waals surface area contributed by atoms with E-state index in [0.29, 0.717) is 17.0 Å². The second-order valence-corrected chi connectivity index (χ2v) is 6.89. The van der Waals surface area contributed by atoms with Crippen molar-refractivity contribution in [3.05, 3.63) is 93.1 Å². The molecule has 0 aliphatic rings. The number of carbonyl (C=O) groups is 1. The third kappa shape index (κ3) is 4.24. The standard InChI is InChI=1S/C22H18FN5O4/c1-32-17-8-6-16(7-9-17)26-18(29)13-27-20-19(24-10-11-25-20)21(30)28(22(27)31)12-14-2-4-15(23)5-3-14/h2-11H,12-13H2,1H3,(H,26,29). The van der Waals surface area contributed by atoms with Crippen LogP contribution in [0, 0.1) is 5.82 Å². The minimum Gasteiger partial charge on any atom is -0.497 e. The van der Waals surface area contributed by atoms with Crippen molar-refractivity contribution in [2.45, 2.75) is 13.1 Å². The number of methoxy groups -OCH3 is 1. The fourth-order valence-corrected chi connectivity index (χ4v) is 3.20. The van der Waals surface area contributed by atoms with Gasteiger partial charge in [0.25, 0.3) is 5.56 Å². The molecular weight excluding hydrogens is 417 g/mol. The van der Waals surface area contributed by atoms with Gasteiger partial charge in [-0.25, -0.2) is 19.2 Å². The lowest BCUT2D eigenvalue weighted by Gasteiger charge is -2.13. The first kappa shape index (κ1) is 20.9. The van der Waals surface area contributed by atoms with E-state index in [2.05, 4.69) is 15.3 Å². The molecule has 0 fully saturated rings. The fourth-order valence-electron chi connectivity index (χ4n) is 3.20. The first-order valence-corrected chi connectivity index (χ1v) is 9.59. The van der Waals surface area contributed by atoms with Crippen molar-refractivity contribution in [1.29, 1.82) is 0 Å². The van der Waals surface area contributed by atoms with Crippen molar-refractivity contribution in [2.24, 2.45) is 0 Å². The summed E-state index contributed by atoms with van der Waals surface area (Å²) in [5.41, 5.74) is -0.359. The van der Waals surface area contributed by atoms with Crippen LogP contribution < -0.4 is 21.3 Å². The van der Waals surface area contributed by atoms with Crippen molar-refractivity contribution < 1.29 is 13.9 Å². The van der Waals surface area contributed by atoms with Crippen LogP contribution in [-0.2, 0) is 17.9 Å². The second kappa shape index (κ2) is 8.80. The molecule has 0 bridgehead atoms. The summed E-state index contributed by atoms with van der Waals surface area (Å²) in [5.74, 6) is -0.289. The van der Waals surface area contributed by atoms with Crippen LogP contribution in [-0.4, -0.2) is 32.1 Å². The van der Waals surface area contributed by atoms with Gasteiger partial charge in [-0.15, -0.1) is 0 Å². The van der Waals surface area contributed by atoms with Crippen molar-refractivity contribution >= 4 is 22.8 Å². The van der Waals surface area contributed by atoms with Gasteiger partial charge in [0.05, 0.1) is 13.7 Å². The number of nitrogens with one attached hydrogen (secondary N) is 1.